The van der Waals surface area contributed by atoms with E-state index in [2.05, 4.69) is 0 Å². The minimum atomic E-state index is -8.71. The zero-order valence-corrected chi connectivity index (χ0v) is 18.8. The van der Waals surface area contributed by atoms with Crippen molar-refractivity contribution in [1.82, 2.24) is 0 Å². The first-order valence-electron chi connectivity index (χ1n) is 8.69. The fourth-order valence-corrected chi connectivity index (χ4v) is 4.43. The number of rotatable bonds is 10. The average molecular weight is 634 g/mol. The van der Waals surface area contributed by atoms with Crippen molar-refractivity contribution >= 4 is 19.4 Å². The number of hydrogen-bond donors (Lipinski definition) is 2. The second kappa shape index (κ2) is 10.0. The minimum Gasteiger partial charge on any atom is -0.323 e. The Hall–Kier alpha value is -1.73. The van der Waals surface area contributed by atoms with Crippen molar-refractivity contribution in [3.05, 3.63) is 46.9 Å². The summed E-state index contributed by atoms with van der Waals surface area (Å²) in [6, 6.07) is 4.49. The molecule has 220 valence electrons. The molecule has 0 spiro atoms. The maximum absolute atomic E-state index is 14.0. The number of allylic oxidation sites excluding steroid dienone is 1. The van der Waals surface area contributed by atoms with Crippen LogP contribution in [0.15, 0.2) is 41.3 Å². The Kier molecular flexibility index (Phi) is 9.05. The van der Waals surface area contributed by atoms with Crippen LogP contribution < -0.4 is 0 Å². The molecule has 0 heterocycles. The molecule has 1 rings (SSSR count). The summed E-state index contributed by atoms with van der Waals surface area (Å²) in [7, 11) is -5.77. The van der Waals surface area contributed by atoms with E-state index in [1.54, 1.807) is 0 Å². The third-order valence-electron chi connectivity index (χ3n) is 4.38. The van der Waals surface area contributed by atoms with Gasteiger partial charge in [-0.15, -0.1) is 0 Å². The first-order valence-corrected chi connectivity index (χ1v) is 11.3. The molecule has 0 aliphatic carbocycles. The third kappa shape index (κ3) is 5.34. The topological polar surface area (TPSA) is 57.5 Å². The van der Waals surface area contributed by atoms with Gasteiger partial charge in [0, 0.05) is 0 Å². The van der Waals surface area contributed by atoms with E-state index in [0.717, 1.165) is 18.2 Å². The summed E-state index contributed by atoms with van der Waals surface area (Å²) >= 11 is -1.40. The molecule has 38 heavy (non-hydrogen) atoms. The molecule has 0 aliphatic heterocycles. The molecule has 0 aliphatic rings. The molecule has 0 saturated heterocycles. The van der Waals surface area contributed by atoms with E-state index in [1.807, 2.05) is 0 Å². The molecule has 1 atom stereocenters. The fraction of sp³-hybridized carbons (Fsp3) is 0.500. The molecule has 1 unspecified atom stereocenters. The SMILES string of the molecule is O=P(O)(O)C(SC(F)=C(F)C(F)(F)C(F)(F)C(F)(F)C(F)(F)C(F)(F)C(F)(F)C(F)(F)F)c1ccccc1. The van der Waals surface area contributed by atoms with Crippen molar-refractivity contribution in [3.8, 4) is 0 Å². The van der Waals surface area contributed by atoms with Gasteiger partial charge in [0.05, 0.1) is 0 Å². The smallest absolute Gasteiger partial charge is 0.323 e. The minimum absolute atomic E-state index is 0.715. The van der Waals surface area contributed by atoms with Gasteiger partial charge in [-0.25, -0.2) is 4.39 Å². The van der Waals surface area contributed by atoms with Gasteiger partial charge >= 0.3 is 49.3 Å². The molecule has 0 aromatic heterocycles. The van der Waals surface area contributed by atoms with E-state index in [0.29, 0.717) is 12.1 Å². The first-order chi connectivity index (χ1) is 16.5. The van der Waals surface area contributed by atoms with Gasteiger partial charge in [-0.2, -0.15) is 70.2 Å². The van der Waals surface area contributed by atoms with Gasteiger partial charge in [0.1, 0.15) is 4.99 Å². The van der Waals surface area contributed by atoms with Crippen LogP contribution in [0.1, 0.15) is 10.6 Å². The predicted molar refractivity (Wildman–Crippen MR) is 93.8 cm³/mol. The van der Waals surface area contributed by atoms with Crippen LogP contribution in [0.3, 0.4) is 0 Å². The number of benzene rings is 1. The van der Waals surface area contributed by atoms with Gasteiger partial charge < -0.3 is 9.79 Å². The summed E-state index contributed by atoms with van der Waals surface area (Å²) in [6.45, 7) is 0. The molecule has 1 aromatic carbocycles. The molecular formula is C16H8F17O3PS. The largest absolute Gasteiger partial charge is 0.460 e. The summed E-state index contributed by atoms with van der Waals surface area (Å²) in [4.78, 5) is 15.5. The quantitative estimate of drug-likeness (QED) is 0.202. The zero-order chi connectivity index (χ0) is 30.6. The Morgan fingerprint density at radius 2 is 1.03 bits per heavy atom. The van der Waals surface area contributed by atoms with Gasteiger partial charge in [0.15, 0.2) is 5.16 Å². The average Bonchev–Trinajstić information content (AvgIpc) is 2.74. The van der Waals surface area contributed by atoms with E-state index in [1.165, 1.54) is 0 Å². The predicted octanol–water partition coefficient (Wildman–Crippen LogP) is 8.08. The van der Waals surface area contributed by atoms with Crippen molar-refractivity contribution in [2.75, 3.05) is 0 Å². The van der Waals surface area contributed by atoms with Crippen LogP contribution in [-0.4, -0.2) is 51.5 Å². The Balaban J connectivity index is 3.67. The van der Waals surface area contributed by atoms with Crippen LogP contribution in [0.5, 0.6) is 0 Å². The molecule has 3 nitrogen and oxygen atoms in total. The van der Waals surface area contributed by atoms with E-state index >= 15 is 0 Å². The van der Waals surface area contributed by atoms with Crippen LogP contribution in [0.2, 0.25) is 0 Å². The highest BCUT2D eigenvalue weighted by atomic mass is 32.2. The van der Waals surface area contributed by atoms with Crippen molar-refractivity contribution in [2.45, 2.75) is 46.7 Å². The van der Waals surface area contributed by atoms with Crippen LogP contribution in [0.25, 0.3) is 0 Å². The molecule has 0 radical (unpaired) electrons. The van der Waals surface area contributed by atoms with E-state index in [4.69, 9.17) is 9.79 Å². The van der Waals surface area contributed by atoms with E-state index < -0.39 is 82.6 Å². The highest BCUT2D eigenvalue weighted by Gasteiger charge is 2.93. The van der Waals surface area contributed by atoms with Gasteiger partial charge in [-0.05, 0) is 5.56 Å². The van der Waals surface area contributed by atoms with Crippen LogP contribution in [0, 0.1) is 0 Å². The molecule has 22 heteroatoms. The summed E-state index contributed by atoms with van der Waals surface area (Å²) in [5.74, 6) is -54.8. The van der Waals surface area contributed by atoms with E-state index in [-0.39, 0.29) is 0 Å². The molecule has 0 saturated carbocycles. The van der Waals surface area contributed by atoms with Crippen LogP contribution in [0.4, 0.5) is 74.6 Å². The lowest BCUT2D eigenvalue weighted by Crippen LogP contribution is -2.72. The Morgan fingerprint density at radius 1 is 0.658 bits per heavy atom. The lowest BCUT2D eigenvalue weighted by molar-refractivity contribution is -0.450. The number of thioether (sulfide) groups is 1. The molecule has 1 aromatic rings. The second-order valence-corrected chi connectivity index (χ2v) is 10.1. The van der Waals surface area contributed by atoms with Gasteiger partial charge in [0.2, 0.25) is 5.83 Å². The summed E-state index contributed by atoms with van der Waals surface area (Å²) in [5, 5.41) is -3.52. The van der Waals surface area contributed by atoms with E-state index in [9.17, 15) is 79.2 Å². The van der Waals surface area contributed by atoms with Gasteiger partial charge in [-0.3, -0.25) is 4.57 Å². The fourth-order valence-electron chi connectivity index (χ4n) is 2.33. The Bertz CT molecular complexity index is 1080. The zero-order valence-electron chi connectivity index (χ0n) is 17.0. The number of alkyl halides is 15. The number of hydrogen-bond acceptors (Lipinski definition) is 2. The number of halogens is 17. The third-order valence-corrected chi connectivity index (χ3v) is 7.31. The molecular weight excluding hydrogens is 626 g/mol. The van der Waals surface area contributed by atoms with Gasteiger partial charge in [0.25, 0.3) is 0 Å². The summed E-state index contributed by atoms with van der Waals surface area (Å²) in [5.41, 5.74) is -0.741. The van der Waals surface area contributed by atoms with Crippen molar-refractivity contribution < 1.29 is 89.0 Å². The van der Waals surface area contributed by atoms with Crippen molar-refractivity contribution in [1.29, 1.82) is 0 Å². The molecule has 0 fully saturated rings. The Morgan fingerprint density at radius 3 is 1.39 bits per heavy atom. The highest BCUT2D eigenvalue weighted by Crippen LogP contribution is 2.65. The lowest BCUT2D eigenvalue weighted by Gasteiger charge is -2.41. The maximum Gasteiger partial charge on any atom is 0.460 e. The van der Waals surface area contributed by atoms with Gasteiger partial charge in [-0.1, -0.05) is 42.1 Å². The van der Waals surface area contributed by atoms with Crippen molar-refractivity contribution in [3.63, 3.8) is 0 Å². The lowest BCUT2D eigenvalue weighted by atomic mass is 9.91. The summed E-state index contributed by atoms with van der Waals surface area (Å²) < 4.78 is 237. The summed E-state index contributed by atoms with van der Waals surface area (Å²) in [6.07, 6.45) is -7.84. The van der Waals surface area contributed by atoms with Crippen LogP contribution in [-0.2, 0) is 4.57 Å². The second-order valence-electron chi connectivity index (χ2n) is 7.00. The molecule has 2 N–H and O–H groups in total. The standard InChI is InChI=1S/C16H8F17O3PS/c17-7(8(18)38-9(37(34,35)36)6-4-2-1-3-5-6)10(19,20)11(21,22)12(23,24)13(25,26)14(27,28)15(29,30)16(31,32)33/h1-5,9H,(H2,34,35,36). The van der Waals surface area contributed by atoms with Crippen LogP contribution >= 0.6 is 19.4 Å². The maximum atomic E-state index is 14.0. The van der Waals surface area contributed by atoms with Crippen molar-refractivity contribution in [2.24, 2.45) is 0 Å². The molecule has 0 bridgehead atoms. The molecule has 0 amide bonds. The Labute approximate surface area is 202 Å². The highest BCUT2D eigenvalue weighted by molar-refractivity contribution is 8.07. The normalized spacial score (nSPS) is 16.8. The first kappa shape index (κ1) is 34.3. The monoisotopic (exact) mass is 634 g/mol.